The second kappa shape index (κ2) is 7.63. The van der Waals surface area contributed by atoms with Crippen LogP contribution in [0.4, 0.5) is 0 Å². The van der Waals surface area contributed by atoms with Crippen LogP contribution in [0.5, 0.6) is 0 Å². The zero-order valence-corrected chi connectivity index (χ0v) is 15.1. The molecule has 1 unspecified atom stereocenters. The van der Waals surface area contributed by atoms with Crippen molar-refractivity contribution in [2.75, 3.05) is 6.66 Å². The molecule has 0 radical (unpaired) electrons. The Kier molecular flexibility index (Phi) is 5.31. The predicted molar refractivity (Wildman–Crippen MR) is 104 cm³/mol. The molecule has 0 aliphatic heterocycles. The molecule has 0 bridgehead atoms. The van der Waals surface area contributed by atoms with E-state index in [1.54, 1.807) is 6.66 Å². The lowest BCUT2D eigenvalue weighted by molar-refractivity contribution is 0.0981. The van der Waals surface area contributed by atoms with Crippen LogP contribution in [0.15, 0.2) is 91.0 Å². The van der Waals surface area contributed by atoms with E-state index in [0.29, 0.717) is 5.56 Å². The smallest absolute Gasteiger partial charge is 0.163 e. The maximum atomic E-state index is 13.7. The Hall–Kier alpha value is -2.44. The summed E-state index contributed by atoms with van der Waals surface area (Å²) >= 11 is 0. The molecular weight excluding hydrogens is 327 g/mol. The number of carbonyl (C=O) groups is 1. The third kappa shape index (κ3) is 3.97. The van der Waals surface area contributed by atoms with E-state index in [1.165, 1.54) is 0 Å². The number of hydrogen-bond acceptors (Lipinski definition) is 2. The summed E-state index contributed by atoms with van der Waals surface area (Å²) in [5.74, 6) is 0.0208. The summed E-state index contributed by atoms with van der Waals surface area (Å²) in [4.78, 5) is 12.8. The number of hydrogen-bond donors (Lipinski definition) is 0. The van der Waals surface area contributed by atoms with Gasteiger partial charge in [-0.3, -0.25) is 4.79 Å². The Labute approximate surface area is 148 Å². The first-order valence-corrected chi connectivity index (χ1v) is 10.6. The van der Waals surface area contributed by atoms with E-state index in [-0.39, 0.29) is 17.9 Å². The van der Waals surface area contributed by atoms with E-state index in [2.05, 4.69) is 0 Å². The van der Waals surface area contributed by atoms with Gasteiger partial charge in [-0.05, 0) is 12.2 Å². The van der Waals surface area contributed by atoms with Crippen LogP contribution in [-0.4, -0.2) is 12.4 Å². The zero-order valence-electron chi connectivity index (χ0n) is 14.2. The molecule has 0 aromatic heterocycles. The molecule has 2 nitrogen and oxygen atoms in total. The SMILES string of the molecule is CP(=O)(c1ccccc1)[C@@H](CC(=O)c1ccccc1)c1ccccc1. The van der Waals surface area contributed by atoms with Crippen LogP contribution < -0.4 is 5.30 Å². The van der Waals surface area contributed by atoms with Gasteiger partial charge in [0, 0.05) is 22.9 Å². The molecule has 0 saturated heterocycles. The largest absolute Gasteiger partial charge is 0.318 e. The number of carbonyl (C=O) groups excluding carboxylic acids is 1. The molecule has 3 heteroatoms. The standard InChI is InChI=1S/C22H21O2P/c1-25(24,20-15-9-4-10-16-20)22(19-13-7-3-8-14-19)17-21(23)18-11-5-2-6-12-18/h2-16,22H,17H2,1H3/t22-,25?/m0/s1. The van der Waals surface area contributed by atoms with Crippen LogP contribution in [0.25, 0.3) is 0 Å². The number of benzene rings is 3. The molecule has 25 heavy (non-hydrogen) atoms. The average Bonchev–Trinajstić information content (AvgIpc) is 2.68. The Balaban J connectivity index is 1.99. The molecule has 3 rings (SSSR count). The molecule has 3 aromatic carbocycles. The summed E-state index contributed by atoms with van der Waals surface area (Å²) in [5, 5.41) is 0.810. The summed E-state index contributed by atoms with van der Waals surface area (Å²) < 4.78 is 13.7. The van der Waals surface area contributed by atoms with Crippen LogP contribution in [0.2, 0.25) is 0 Å². The Bertz CT molecular complexity index is 874. The van der Waals surface area contributed by atoms with Gasteiger partial charge in [-0.25, -0.2) is 0 Å². The summed E-state index contributed by atoms with van der Waals surface area (Å²) in [6.07, 6.45) is 0.233. The van der Waals surface area contributed by atoms with Gasteiger partial charge < -0.3 is 4.57 Å². The quantitative estimate of drug-likeness (QED) is 0.446. The molecule has 2 atom stereocenters. The van der Waals surface area contributed by atoms with E-state index in [4.69, 9.17) is 0 Å². The third-order valence-corrected chi connectivity index (χ3v) is 7.52. The van der Waals surface area contributed by atoms with Gasteiger partial charge in [0.1, 0.15) is 7.14 Å². The molecule has 3 aromatic rings. The first kappa shape index (κ1) is 17.4. The van der Waals surface area contributed by atoms with Crippen LogP contribution in [-0.2, 0) is 4.57 Å². The Morgan fingerprint density at radius 2 is 1.28 bits per heavy atom. The lowest BCUT2D eigenvalue weighted by Gasteiger charge is -2.25. The summed E-state index contributed by atoms with van der Waals surface area (Å²) in [7, 11) is -2.77. The third-order valence-electron chi connectivity index (χ3n) is 4.52. The lowest BCUT2D eigenvalue weighted by atomic mass is 10.0. The highest BCUT2D eigenvalue weighted by Crippen LogP contribution is 2.57. The van der Waals surface area contributed by atoms with E-state index in [1.807, 2.05) is 91.0 Å². The van der Waals surface area contributed by atoms with E-state index in [0.717, 1.165) is 10.9 Å². The van der Waals surface area contributed by atoms with Gasteiger partial charge in [-0.1, -0.05) is 91.0 Å². The molecular formula is C22H21O2P. The maximum absolute atomic E-state index is 13.7. The van der Waals surface area contributed by atoms with Crippen LogP contribution in [0.3, 0.4) is 0 Å². The summed E-state index contributed by atoms with van der Waals surface area (Å²) in [6.45, 7) is 1.79. The predicted octanol–water partition coefficient (Wildman–Crippen LogP) is 5.32. The van der Waals surface area contributed by atoms with Gasteiger partial charge in [0.15, 0.2) is 5.78 Å². The van der Waals surface area contributed by atoms with Crippen molar-refractivity contribution in [1.29, 1.82) is 0 Å². The van der Waals surface area contributed by atoms with Gasteiger partial charge >= 0.3 is 0 Å². The summed E-state index contributed by atoms with van der Waals surface area (Å²) in [6, 6.07) is 28.4. The second-order valence-corrected chi connectivity index (χ2v) is 9.37. The van der Waals surface area contributed by atoms with Crippen molar-refractivity contribution in [3.05, 3.63) is 102 Å². The minimum Gasteiger partial charge on any atom is -0.318 e. The van der Waals surface area contributed by atoms with Gasteiger partial charge in [0.25, 0.3) is 0 Å². The summed E-state index contributed by atoms with van der Waals surface area (Å²) in [5.41, 5.74) is 1.28. The van der Waals surface area contributed by atoms with E-state index in [9.17, 15) is 9.36 Å². The lowest BCUT2D eigenvalue weighted by Crippen LogP contribution is -2.15. The topological polar surface area (TPSA) is 34.1 Å². The van der Waals surface area contributed by atoms with Gasteiger partial charge in [-0.2, -0.15) is 0 Å². The minimum absolute atomic E-state index is 0.0208. The number of rotatable bonds is 6. The van der Waals surface area contributed by atoms with E-state index >= 15 is 0 Å². The molecule has 0 amide bonds. The molecule has 0 heterocycles. The molecule has 0 spiro atoms. The minimum atomic E-state index is -2.77. The molecule has 0 aliphatic carbocycles. The fraction of sp³-hybridized carbons (Fsp3) is 0.136. The van der Waals surface area contributed by atoms with Gasteiger partial charge in [-0.15, -0.1) is 0 Å². The molecule has 0 fully saturated rings. The number of Topliss-reactive ketones (excluding diaryl/α,β-unsaturated/α-hetero) is 1. The monoisotopic (exact) mass is 348 g/mol. The fourth-order valence-electron chi connectivity index (χ4n) is 3.07. The first-order valence-electron chi connectivity index (χ1n) is 8.35. The maximum Gasteiger partial charge on any atom is 0.163 e. The first-order chi connectivity index (χ1) is 12.1. The molecule has 0 N–H and O–H groups in total. The van der Waals surface area contributed by atoms with Crippen molar-refractivity contribution in [2.24, 2.45) is 0 Å². The van der Waals surface area contributed by atoms with Gasteiger partial charge in [0.2, 0.25) is 0 Å². The van der Waals surface area contributed by atoms with Crippen molar-refractivity contribution < 1.29 is 9.36 Å². The normalized spacial score (nSPS) is 14.4. The van der Waals surface area contributed by atoms with Crippen LogP contribution in [0, 0.1) is 0 Å². The van der Waals surface area contributed by atoms with Gasteiger partial charge in [0.05, 0.1) is 0 Å². The van der Waals surface area contributed by atoms with Crippen molar-refractivity contribution in [3.63, 3.8) is 0 Å². The zero-order chi connectivity index (χ0) is 17.7. The van der Waals surface area contributed by atoms with Crippen molar-refractivity contribution in [3.8, 4) is 0 Å². The average molecular weight is 348 g/mol. The highest BCUT2D eigenvalue weighted by molar-refractivity contribution is 7.71. The Morgan fingerprint density at radius 1 is 0.800 bits per heavy atom. The fourth-order valence-corrected chi connectivity index (χ4v) is 5.45. The van der Waals surface area contributed by atoms with Crippen molar-refractivity contribution >= 4 is 18.2 Å². The Morgan fingerprint density at radius 3 is 1.84 bits per heavy atom. The molecule has 126 valence electrons. The van der Waals surface area contributed by atoms with Crippen LogP contribution in [0.1, 0.15) is 28.0 Å². The second-order valence-electron chi connectivity index (χ2n) is 6.25. The molecule has 0 aliphatic rings. The highest BCUT2D eigenvalue weighted by Gasteiger charge is 2.33. The van der Waals surface area contributed by atoms with Crippen molar-refractivity contribution in [1.82, 2.24) is 0 Å². The number of ketones is 1. The van der Waals surface area contributed by atoms with Crippen LogP contribution >= 0.6 is 7.14 Å². The van der Waals surface area contributed by atoms with E-state index < -0.39 is 7.14 Å². The molecule has 0 saturated carbocycles. The highest BCUT2D eigenvalue weighted by atomic mass is 31.2. The van der Waals surface area contributed by atoms with Crippen molar-refractivity contribution in [2.45, 2.75) is 12.1 Å².